The van der Waals surface area contributed by atoms with Crippen LogP contribution >= 0.6 is 11.3 Å². The van der Waals surface area contributed by atoms with Crippen LogP contribution in [0, 0.1) is 0 Å². The number of rotatable bonds is 8. The summed E-state index contributed by atoms with van der Waals surface area (Å²) < 4.78 is 7.50. The topological polar surface area (TPSA) is 59.3 Å². The smallest absolute Gasteiger partial charge is 0.173 e. The monoisotopic (exact) mass is 460 g/mol. The maximum atomic E-state index is 5.55. The van der Waals surface area contributed by atoms with E-state index in [2.05, 4.69) is 85.3 Å². The van der Waals surface area contributed by atoms with Gasteiger partial charge in [0, 0.05) is 43.2 Å². The predicted octanol–water partition coefficient (Wildman–Crippen LogP) is 3.70. The molecule has 170 valence electrons. The average Bonchev–Trinajstić information content (AvgIpc) is 3.54. The first-order valence-electron chi connectivity index (χ1n) is 11.2. The van der Waals surface area contributed by atoms with Crippen molar-refractivity contribution >= 4 is 11.3 Å². The Bertz CT molecular complexity index is 1140. The SMILES string of the molecule is COc1ccccc1CN1CCN(C(c2ccccc2)c2nnnn2Cc2cccs2)CC1. The molecule has 0 aliphatic carbocycles. The zero-order chi connectivity index (χ0) is 22.5. The van der Waals surface area contributed by atoms with Gasteiger partial charge in [0.2, 0.25) is 0 Å². The number of benzene rings is 2. The van der Waals surface area contributed by atoms with Gasteiger partial charge in [0.25, 0.3) is 0 Å². The summed E-state index contributed by atoms with van der Waals surface area (Å²) in [7, 11) is 1.74. The highest BCUT2D eigenvalue weighted by Gasteiger charge is 2.30. The van der Waals surface area contributed by atoms with E-state index in [1.165, 1.54) is 16.0 Å². The van der Waals surface area contributed by atoms with Crippen LogP contribution in [0.5, 0.6) is 5.75 Å². The minimum Gasteiger partial charge on any atom is -0.496 e. The molecule has 0 N–H and O–H groups in total. The fraction of sp³-hybridized carbons (Fsp3) is 0.320. The molecule has 1 atom stereocenters. The first-order valence-corrected chi connectivity index (χ1v) is 12.1. The van der Waals surface area contributed by atoms with E-state index >= 15 is 0 Å². The molecular weight excluding hydrogens is 432 g/mol. The zero-order valence-electron chi connectivity index (χ0n) is 18.7. The number of tetrazole rings is 1. The van der Waals surface area contributed by atoms with Crippen molar-refractivity contribution in [1.82, 2.24) is 30.0 Å². The van der Waals surface area contributed by atoms with E-state index < -0.39 is 0 Å². The quantitative estimate of drug-likeness (QED) is 0.400. The number of thiophene rings is 1. The van der Waals surface area contributed by atoms with Crippen LogP contribution in [-0.4, -0.2) is 63.3 Å². The first kappa shape index (κ1) is 21.8. The molecule has 4 aromatic rings. The molecular formula is C25H28N6OS. The molecule has 0 radical (unpaired) electrons. The first-order chi connectivity index (χ1) is 16.3. The number of piperazine rings is 1. The van der Waals surface area contributed by atoms with Gasteiger partial charge in [0.1, 0.15) is 5.75 Å². The van der Waals surface area contributed by atoms with Crippen LogP contribution in [0.15, 0.2) is 72.1 Å². The van der Waals surface area contributed by atoms with Gasteiger partial charge in [0.05, 0.1) is 19.7 Å². The van der Waals surface area contributed by atoms with E-state index in [0.717, 1.165) is 44.3 Å². The van der Waals surface area contributed by atoms with E-state index in [1.807, 2.05) is 16.8 Å². The molecule has 7 nitrogen and oxygen atoms in total. The number of hydrogen-bond acceptors (Lipinski definition) is 7. The van der Waals surface area contributed by atoms with Crippen LogP contribution in [0.25, 0.3) is 0 Å². The summed E-state index contributed by atoms with van der Waals surface area (Å²) in [5.41, 5.74) is 2.45. The van der Waals surface area contributed by atoms with E-state index in [9.17, 15) is 0 Å². The lowest BCUT2D eigenvalue weighted by atomic mass is 10.0. The molecule has 0 saturated carbocycles. The Morgan fingerprint density at radius 1 is 0.909 bits per heavy atom. The molecule has 1 saturated heterocycles. The van der Waals surface area contributed by atoms with Crippen molar-refractivity contribution in [3.63, 3.8) is 0 Å². The normalized spacial score (nSPS) is 16.0. The Balaban J connectivity index is 1.35. The van der Waals surface area contributed by atoms with Gasteiger partial charge in [-0.25, -0.2) is 4.68 Å². The van der Waals surface area contributed by atoms with Crippen molar-refractivity contribution in [2.75, 3.05) is 33.3 Å². The van der Waals surface area contributed by atoms with Crippen molar-refractivity contribution in [3.8, 4) is 5.75 Å². The second-order valence-electron chi connectivity index (χ2n) is 8.21. The second kappa shape index (κ2) is 10.2. The summed E-state index contributed by atoms with van der Waals surface area (Å²) in [6.45, 7) is 5.43. The maximum absolute atomic E-state index is 5.55. The van der Waals surface area contributed by atoms with E-state index in [-0.39, 0.29) is 6.04 Å². The number of hydrogen-bond donors (Lipinski definition) is 0. The van der Waals surface area contributed by atoms with Crippen molar-refractivity contribution in [2.45, 2.75) is 19.1 Å². The van der Waals surface area contributed by atoms with E-state index in [4.69, 9.17) is 4.74 Å². The summed E-state index contributed by atoms with van der Waals surface area (Å²) in [5, 5.41) is 15.0. The molecule has 33 heavy (non-hydrogen) atoms. The van der Waals surface area contributed by atoms with Gasteiger partial charge in [-0.1, -0.05) is 54.6 Å². The molecule has 2 aromatic heterocycles. The summed E-state index contributed by atoms with van der Waals surface area (Å²) in [4.78, 5) is 6.24. The number of para-hydroxylation sites is 1. The minimum absolute atomic E-state index is 0.0228. The third-order valence-electron chi connectivity index (χ3n) is 6.16. The Morgan fingerprint density at radius 3 is 2.45 bits per heavy atom. The van der Waals surface area contributed by atoms with E-state index in [1.54, 1.807) is 18.4 Å². The molecule has 1 aliphatic rings. The highest BCUT2D eigenvalue weighted by atomic mass is 32.1. The lowest BCUT2D eigenvalue weighted by Gasteiger charge is -2.39. The molecule has 1 unspecified atom stereocenters. The Labute approximate surface area is 198 Å². The molecule has 8 heteroatoms. The van der Waals surface area contributed by atoms with Crippen LogP contribution in [-0.2, 0) is 13.1 Å². The number of nitrogens with zero attached hydrogens (tertiary/aromatic N) is 6. The standard InChI is InChI=1S/C25H28N6OS/c1-32-23-12-6-5-10-21(23)18-29-13-15-30(16-14-29)24(20-8-3-2-4-9-20)25-26-27-28-31(25)19-22-11-7-17-33-22/h2-12,17,24H,13-16,18-19H2,1H3. The van der Waals surface area contributed by atoms with Crippen LogP contribution in [0.1, 0.15) is 27.9 Å². The maximum Gasteiger partial charge on any atom is 0.173 e. The number of ether oxygens (including phenoxy) is 1. The number of aromatic nitrogens is 4. The average molecular weight is 461 g/mol. The van der Waals surface area contributed by atoms with E-state index in [0.29, 0.717) is 6.54 Å². The van der Waals surface area contributed by atoms with Gasteiger partial charge in [-0.2, -0.15) is 0 Å². The molecule has 1 aliphatic heterocycles. The fourth-order valence-corrected chi connectivity index (χ4v) is 5.17. The van der Waals surface area contributed by atoms with Crippen molar-refractivity contribution in [1.29, 1.82) is 0 Å². The Kier molecular flexibility index (Phi) is 6.76. The molecule has 5 rings (SSSR count). The molecule has 2 aromatic carbocycles. The molecule has 0 amide bonds. The molecule has 3 heterocycles. The number of methoxy groups -OCH3 is 1. The van der Waals surface area contributed by atoms with Crippen molar-refractivity contribution in [2.24, 2.45) is 0 Å². The predicted molar refractivity (Wildman–Crippen MR) is 129 cm³/mol. The van der Waals surface area contributed by atoms with Crippen LogP contribution in [0.4, 0.5) is 0 Å². The van der Waals surface area contributed by atoms with Gasteiger partial charge in [-0.15, -0.1) is 16.4 Å². The third-order valence-corrected chi connectivity index (χ3v) is 7.02. The zero-order valence-corrected chi connectivity index (χ0v) is 19.6. The van der Waals surface area contributed by atoms with Crippen molar-refractivity contribution < 1.29 is 4.74 Å². The summed E-state index contributed by atoms with van der Waals surface area (Å²) in [6.07, 6.45) is 0. The van der Waals surface area contributed by atoms with Crippen LogP contribution in [0.2, 0.25) is 0 Å². The summed E-state index contributed by atoms with van der Waals surface area (Å²) >= 11 is 1.73. The lowest BCUT2D eigenvalue weighted by Crippen LogP contribution is -2.48. The highest BCUT2D eigenvalue weighted by Crippen LogP contribution is 2.29. The van der Waals surface area contributed by atoms with Gasteiger partial charge in [-0.3, -0.25) is 9.80 Å². The van der Waals surface area contributed by atoms with Gasteiger partial charge in [-0.05, 0) is 33.5 Å². The highest BCUT2D eigenvalue weighted by molar-refractivity contribution is 7.09. The lowest BCUT2D eigenvalue weighted by molar-refractivity contribution is 0.0997. The van der Waals surface area contributed by atoms with Gasteiger partial charge in [0.15, 0.2) is 5.82 Å². The Hall–Kier alpha value is -3.07. The molecule has 1 fully saturated rings. The van der Waals surface area contributed by atoms with Crippen LogP contribution in [0.3, 0.4) is 0 Å². The summed E-state index contributed by atoms with van der Waals surface area (Å²) in [6, 6.07) is 23.1. The molecule has 0 spiro atoms. The summed E-state index contributed by atoms with van der Waals surface area (Å²) in [5.74, 6) is 1.85. The largest absolute Gasteiger partial charge is 0.496 e. The van der Waals surface area contributed by atoms with Crippen LogP contribution < -0.4 is 4.74 Å². The third kappa shape index (κ3) is 4.98. The van der Waals surface area contributed by atoms with Crippen molar-refractivity contribution in [3.05, 3.63) is 93.9 Å². The van der Waals surface area contributed by atoms with Gasteiger partial charge < -0.3 is 4.74 Å². The minimum atomic E-state index is 0.0228. The second-order valence-corrected chi connectivity index (χ2v) is 9.24. The Morgan fingerprint density at radius 2 is 1.70 bits per heavy atom. The molecule has 0 bridgehead atoms. The fourth-order valence-electron chi connectivity index (χ4n) is 4.48. The van der Waals surface area contributed by atoms with Gasteiger partial charge >= 0.3 is 0 Å².